The van der Waals surface area contributed by atoms with Gasteiger partial charge in [-0.25, -0.2) is 4.57 Å². The van der Waals surface area contributed by atoms with Gasteiger partial charge in [0.2, 0.25) is 0 Å². The van der Waals surface area contributed by atoms with Gasteiger partial charge in [0, 0.05) is 13.0 Å². The standard InChI is InChI=1S/C54H98NO7P/c1-6-8-10-12-14-16-18-20-22-24-26-28-29-31-33-35-37-39-41-43-45-47-54(56)62-53(52-61-63(57,58)60-50-48-55(3,4)5)51-59-49-46-44-42-40-38-36-34-32-30-27-25-23-21-19-17-15-13-11-9-7-2/h8,10,14-17,20-23,26,28,53H,6-7,9,11-13,18-19,24-25,27,29-52H2,1-5H3/p+1/b10-8-,16-14-,17-15-,22-20-,23-21-,28-26-. The number of allylic oxidation sites excluding steroid dienone is 12. The van der Waals surface area contributed by atoms with Crippen LogP contribution < -0.4 is 0 Å². The third-order valence-corrected chi connectivity index (χ3v) is 11.7. The summed E-state index contributed by atoms with van der Waals surface area (Å²) in [5.74, 6) is -0.324. The molecule has 0 aromatic rings. The van der Waals surface area contributed by atoms with Crippen molar-refractivity contribution in [3.8, 4) is 0 Å². The lowest BCUT2D eigenvalue weighted by Gasteiger charge is -2.24. The Kier molecular flexibility index (Phi) is 44.9. The number of likely N-dealkylation sites (N-methyl/N-ethyl adjacent to an activating group) is 1. The molecule has 0 amide bonds. The predicted molar refractivity (Wildman–Crippen MR) is 270 cm³/mol. The van der Waals surface area contributed by atoms with Gasteiger partial charge in [-0.15, -0.1) is 0 Å². The zero-order valence-electron chi connectivity index (χ0n) is 41.5. The number of unbranched alkanes of at least 4 members (excludes halogenated alkanes) is 21. The lowest BCUT2D eigenvalue weighted by molar-refractivity contribution is -0.870. The van der Waals surface area contributed by atoms with Gasteiger partial charge >= 0.3 is 13.8 Å². The molecule has 63 heavy (non-hydrogen) atoms. The zero-order valence-corrected chi connectivity index (χ0v) is 42.4. The van der Waals surface area contributed by atoms with Crippen LogP contribution in [0.2, 0.25) is 0 Å². The molecule has 0 aromatic carbocycles. The van der Waals surface area contributed by atoms with Gasteiger partial charge in [0.05, 0.1) is 34.4 Å². The van der Waals surface area contributed by atoms with Crippen molar-refractivity contribution < 1.29 is 37.3 Å². The number of ether oxygens (including phenoxy) is 2. The molecule has 0 rings (SSSR count). The molecule has 0 fully saturated rings. The quantitative estimate of drug-likeness (QED) is 0.0214. The molecule has 0 aliphatic carbocycles. The number of nitrogens with zero attached hydrogens (tertiary/aromatic N) is 1. The first-order valence-electron chi connectivity index (χ1n) is 25.7. The van der Waals surface area contributed by atoms with Gasteiger partial charge in [0.1, 0.15) is 19.3 Å². The summed E-state index contributed by atoms with van der Waals surface area (Å²) >= 11 is 0. The average molecular weight is 905 g/mol. The SMILES string of the molecule is CC/C=C\C/C=C\C/C=C\C/C=C\CCCCCCCCCCC(=O)OC(COCCCCCCCCCCCC/C=C\C/C=C\CCCCC)COP(=O)(O)OCC[N+](C)(C)C. The van der Waals surface area contributed by atoms with Crippen molar-refractivity contribution in [2.24, 2.45) is 0 Å². The molecule has 2 unspecified atom stereocenters. The highest BCUT2D eigenvalue weighted by Gasteiger charge is 2.26. The molecule has 9 heteroatoms. The number of esters is 1. The van der Waals surface area contributed by atoms with Crippen LogP contribution in [0.4, 0.5) is 0 Å². The lowest BCUT2D eigenvalue weighted by atomic mass is 10.1. The first kappa shape index (κ1) is 60.9. The van der Waals surface area contributed by atoms with Crippen LogP contribution in [0.15, 0.2) is 72.9 Å². The smallest absolute Gasteiger partial charge is 0.457 e. The molecule has 0 saturated carbocycles. The third kappa shape index (κ3) is 50.8. The number of carbonyl (C=O) groups is 1. The van der Waals surface area contributed by atoms with E-state index >= 15 is 0 Å². The van der Waals surface area contributed by atoms with E-state index in [1.54, 1.807) is 0 Å². The topological polar surface area (TPSA) is 91.3 Å². The Morgan fingerprint density at radius 1 is 0.508 bits per heavy atom. The van der Waals surface area contributed by atoms with E-state index in [1.165, 1.54) is 116 Å². The number of phosphoric ester groups is 1. The maximum atomic E-state index is 12.8. The van der Waals surface area contributed by atoms with E-state index in [1.807, 2.05) is 21.1 Å². The molecule has 0 heterocycles. The van der Waals surface area contributed by atoms with Crippen molar-refractivity contribution in [1.29, 1.82) is 0 Å². The Balaban J connectivity index is 4.17. The van der Waals surface area contributed by atoms with E-state index in [4.69, 9.17) is 18.5 Å². The van der Waals surface area contributed by atoms with Crippen LogP contribution in [0, 0.1) is 0 Å². The summed E-state index contributed by atoms with van der Waals surface area (Å²) in [5, 5.41) is 0. The number of hydrogen-bond acceptors (Lipinski definition) is 6. The minimum Gasteiger partial charge on any atom is -0.457 e. The highest BCUT2D eigenvalue weighted by molar-refractivity contribution is 7.47. The molecule has 0 radical (unpaired) electrons. The molecule has 8 nitrogen and oxygen atoms in total. The minimum atomic E-state index is -4.29. The highest BCUT2D eigenvalue weighted by Crippen LogP contribution is 2.43. The Labute approximate surface area is 389 Å². The zero-order chi connectivity index (χ0) is 46.2. The largest absolute Gasteiger partial charge is 0.472 e. The van der Waals surface area contributed by atoms with Gasteiger partial charge in [-0.3, -0.25) is 13.8 Å². The third-order valence-electron chi connectivity index (χ3n) is 10.8. The van der Waals surface area contributed by atoms with Gasteiger partial charge in [-0.05, 0) is 83.5 Å². The Bertz CT molecular complexity index is 1230. The number of phosphoric acid groups is 1. The average Bonchev–Trinajstić information content (AvgIpc) is 3.24. The second kappa shape index (κ2) is 46.5. The number of hydrogen-bond donors (Lipinski definition) is 1. The summed E-state index contributed by atoms with van der Waals surface area (Å²) in [6.45, 7) is 5.48. The fraction of sp³-hybridized carbons (Fsp3) is 0.759. The summed E-state index contributed by atoms with van der Waals surface area (Å²) in [6, 6.07) is 0. The van der Waals surface area contributed by atoms with Gasteiger partial charge in [0.15, 0.2) is 0 Å². The van der Waals surface area contributed by atoms with Crippen LogP contribution in [0.1, 0.15) is 206 Å². The van der Waals surface area contributed by atoms with Crippen LogP contribution in [0.5, 0.6) is 0 Å². The van der Waals surface area contributed by atoms with Gasteiger partial charge in [0.25, 0.3) is 0 Å². The van der Waals surface area contributed by atoms with Gasteiger partial charge in [-0.2, -0.15) is 0 Å². The molecular formula is C54H99NO7P+. The van der Waals surface area contributed by atoms with Crippen molar-refractivity contribution in [2.75, 3.05) is 54.1 Å². The minimum absolute atomic E-state index is 0.0832. The predicted octanol–water partition coefficient (Wildman–Crippen LogP) is 15.8. The van der Waals surface area contributed by atoms with Crippen LogP contribution in [-0.4, -0.2) is 75.6 Å². The Hall–Kier alpha value is -2.06. The van der Waals surface area contributed by atoms with Crippen molar-refractivity contribution in [3.05, 3.63) is 72.9 Å². The summed E-state index contributed by atoms with van der Waals surface area (Å²) in [6.07, 6.45) is 60.8. The summed E-state index contributed by atoms with van der Waals surface area (Å²) in [5.41, 5.74) is 0. The molecule has 2 atom stereocenters. The first-order chi connectivity index (χ1) is 30.6. The van der Waals surface area contributed by atoms with Gasteiger partial charge < -0.3 is 18.9 Å². The van der Waals surface area contributed by atoms with E-state index in [2.05, 4.69) is 86.8 Å². The molecular weight excluding hydrogens is 806 g/mol. The molecule has 0 aliphatic heterocycles. The Morgan fingerprint density at radius 2 is 0.921 bits per heavy atom. The van der Waals surface area contributed by atoms with Crippen molar-refractivity contribution in [2.45, 2.75) is 213 Å². The van der Waals surface area contributed by atoms with E-state index in [-0.39, 0.29) is 25.8 Å². The van der Waals surface area contributed by atoms with Crippen LogP contribution in [0.25, 0.3) is 0 Å². The summed E-state index contributed by atoms with van der Waals surface area (Å²) in [4.78, 5) is 23.0. The highest BCUT2D eigenvalue weighted by atomic mass is 31.2. The van der Waals surface area contributed by atoms with Crippen LogP contribution in [-0.2, 0) is 27.9 Å². The monoisotopic (exact) mass is 905 g/mol. The molecule has 1 N–H and O–H groups in total. The van der Waals surface area contributed by atoms with Crippen molar-refractivity contribution >= 4 is 13.8 Å². The molecule has 0 aromatic heterocycles. The van der Waals surface area contributed by atoms with E-state index in [0.717, 1.165) is 70.6 Å². The molecule has 0 saturated heterocycles. The second-order valence-electron chi connectivity index (χ2n) is 18.2. The molecule has 0 aliphatic rings. The van der Waals surface area contributed by atoms with E-state index < -0.39 is 13.9 Å². The number of quaternary nitrogens is 1. The maximum absolute atomic E-state index is 12.8. The molecule has 0 bridgehead atoms. The van der Waals surface area contributed by atoms with Gasteiger partial charge in [-0.1, -0.05) is 189 Å². The van der Waals surface area contributed by atoms with Crippen LogP contribution in [0.3, 0.4) is 0 Å². The van der Waals surface area contributed by atoms with Crippen LogP contribution >= 0.6 is 7.82 Å². The fourth-order valence-corrected chi connectivity index (χ4v) is 7.55. The molecule has 0 spiro atoms. The van der Waals surface area contributed by atoms with Crippen molar-refractivity contribution in [3.63, 3.8) is 0 Å². The fourth-order valence-electron chi connectivity index (χ4n) is 6.81. The van der Waals surface area contributed by atoms with E-state index in [0.29, 0.717) is 24.1 Å². The number of rotatable bonds is 47. The van der Waals surface area contributed by atoms with Crippen molar-refractivity contribution in [1.82, 2.24) is 0 Å². The normalized spacial score (nSPS) is 14.2. The van der Waals surface area contributed by atoms with E-state index in [9.17, 15) is 14.3 Å². The summed E-state index contributed by atoms with van der Waals surface area (Å²) < 4.78 is 35.2. The molecule has 366 valence electrons. The first-order valence-corrected chi connectivity index (χ1v) is 27.2. The maximum Gasteiger partial charge on any atom is 0.472 e. The second-order valence-corrected chi connectivity index (χ2v) is 19.6. The summed E-state index contributed by atoms with van der Waals surface area (Å²) in [7, 11) is 1.65. The number of carbonyl (C=O) groups excluding carboxylic acids is 1. The Morgan fingerprint density at radius 3 is 1.38 bits per heavy atom. The lowest BCUT2D eigenvalue weighted by Crippen LogP contribution is -2.37.